The van der Waals surface area contributed by atoms with Gasteiger partial charge < -0.3 is 15.4 Å². The van der Waals surface area contributed by atoms with Gasteiger partial charge in [0.05, 0.1) is 17.9 Å². The number of ether oxygens (including phenoxy) is 1. The highest BCUT2D eigenvalue weighted by Gasteiger charge is 2.14. The summed E-state index contributed by atoms with van der Waals surface area (Å²) in [6.07, 6.45) is 0. The molecule has 2 N–H and O–H groups in total. The van der Waals surface area contributed by atoms with E-state index in [4.69, 9.17) is 4.74 Å². The predicted octanol–water partition coefficient (Wildman–Crippen LogP) is 2.30. The molecule has 3 rings (SSSR count). The number of hydrogen-bond acceptors (Lipinski definition) is 4. The van der Waals surface area contributed by atoms with E-state index in [0.29, 0.717) is 12.3 Å². The summed E-state index contributed by atoms with van der Waals surface area (Å²) in [6, 6.07) is 18.9. The molecule has 1 heterocycles. The summed E-state index contributed by atoms with van der Waals surface area (Å²) >= 11 is 0. The molecule has 0 spiro atoms. The Hall–Kier alpha value is -3.61. The first-order valence-corrected chi connectivity index (χ1v) is 9.36. The topological polar surface area (TPSA) is 85.3 Å². The molecule has 0 saturated heterocycles. The molecule has 0 aliphatic heterocycles. The van der Waals surface area contributed by atoms with E-state index in [1.165, 1.54) is 0 Å². The summed E-state index contributed by atoms with van der Waals surface area (Å²) in [5, 5.41) is 9.94. The molecule has 7 nitrogen and oxygen atoms in total. The Labute approximate surface area is 169 Å². The summed E-state index contributed by atoms with van der Waals surface area (Å²) in [5.74, 6) is -0.0222. The van der Waals surface area contributed by atoms with Gasteiger partial charge in [-0.25, -0.2) is 4.68 Å². The number of aryl methyl sites for hydroxylation is 1. The van der Waals surface area contributed by atoms with Crippen molar-refractivity contribution in [2.75, 3.05) is 13.2 Å². The number of rotatable bonds is 8. The number of amides is 2. The van der Waals surface area contributed by atoms with Gasteiger partial charge in [0.2, 0.25) is 5.91 Å². The quantitative estimate of drug-likeness (QED) is 0.616. The zero-order valence-corrected chi connectivity index (χ0v) is 16.5. The van der Waals surface area contributed by atoms with Gasteiger partial charge >= 0.3 is 0 Å². The van der Waals surface area contributed by atoms with Crippen LogP contribution in [0.1, 0.15) is 17.0 Å². The van der Waals surface area contributed by atoms with Crippen LogP contribution in [0, 0.1) is 13.8 Å². The number of carbonyl (C=O) groups excluding carboxylic acids is 2. The highest BCUT2D eigenvalue weighted by Crippen LogP contribution is 2.17. The van der Waals surface area contributed by atoms with Gasteiger partial charge in [0.15, 0.2) is 6.61 Å². The van der Waals surface area contributed by atoms with E-state index in [9.17, 15) is 9.59 Å². The fraction of sp³-hybridized carbons (Fsp3) is 0.227. The Balaban J connectivity index is 1.47. The second-order valence-corrected chi connectivity index (χ2v) is 6.55. The average Bonchev–Trinajstić information content (AvgIpc) is 3.04. The molecule has 3 aromatic rings. The third-order valence-electron chi connectivity index (χ3n) is 4.46. The summed E-state index contributed by atoms with van der Waals surface area (Å²) in [4.78, 5) is 23.9. The van der Waals surface area contributed by atoms with E-state index < -0.39 is 0 Å². The van der Waals surface area contributed by atoms with Crippen molar-refractivity contribution >= 4 is 11.8 Å². The largest absolute Gasteiger partial charge is 0.484 e. The monoisotopic (exact) mass is 392 g/mol. The first-order valence-electron chi connectivity index (χ1n) is 9.36. The molecule has 2 aromatic carbocycles. The van der Waals surface area contributed by atoms with Gasteiger partial charge in [-0.05, 0) is 38.1 Å². The number of nitrogens with one attached hydrogen (secondary N) is 2. The zero-order chi connectivity index (χ0) is 20.6. The molecular formula is C22H24N4O3. The molecule has 29 heavy (non-hydrogen) atoms. The van der Waals surface area contributed by atoms with Crippen LogP contribution in [0.25, 0.3) is 5.69 Å². The number of nitrogens with zero attached hydrogens (tertiary/aromatic N) is 2. The normalized spacial score (nSPS) is 10.4. The maximum absolute atomic E-state index is 12.1. The van der Waals surface area contributed by atoms with Gasteiger partial charge in [-0.3, -0.25) is 9.59 Å². The standard InChI is InChI=1S/C22H24N4O3/c1-16-20(17(2)26(25-16)18-9-5-3-6-10-18)13-23-21(27)14-24-22(28)15-29-19-11-7-4-8-12-19/h3-12H,13-15H2,1-2H3,(H,23,27)(H,24,28). The Morgan fingerprint density at radius 1 is 0.931 bits per heavy atom. The van der Waals surface area contributed by atoms with Crippen molar-refractivity contribution in [2.24, 2.45) is 0 Å². The van der Waals surface area contributed by atoms with E-state index in [2.05, 4.69) is 15.7 Å². The number of benzene rings is 2. The zero-order valence-electron chi connectivity index (χ0n) is 16.5. The molecule has 0 bridgehead atoms. The SMILES string of the molecule is Cc1nn(-c2ccccc2)c(C)c1CNC(=O)CNC(=O)COc1ccccc1. The van der Waals surface area contributed by atoms with Crippen molar-refractivity contribution in [1.82, 2.24) is 20.4 Å². The van der Waals surface area contributed by atoms with E-state index in [1.54, 1.807) is 12.1 Å². The van der Waals surface area contributed by atoms with E-state index in [-0.39, 0.29) is 25.0 Å². The number of hydrogen-bond donors (Lipinski definition) is 2. The van der Waals surface area contributed by atoms with Gasteiger partial charge in [0.1, 0.15) is 5.75 Å². The first-order chi connectivity index (χ1) is 14.0. The molecule has 1 aromatic heterocycles. The van der Waals surface area contributed by atoms with Crippen molar-refractivity contribution < 1.29 is 14.3 Å². The van der Waals surface area contributed by atoms with Crippen LogP contribution in [-0.2, 0) is 16.1 Å². The number of para-hydroxylation sites is 2. The molecule has 0 aliphatic carbocycles. The van der Waals surface area contributed by atoms with Crippen LogP contribution >= 0.6 is 0 Å². The molecule has 0 aliphatic rings. The van der Waals surface area contributed by atoms with Crippen LogP contribution in [0.3, 0.4) is 0 Å². The van der Waals surface area contributed by atoms with Crippen LogP contribution in [0.2, 0.25) is 0 Å². The Morgan fingerprint density at radius 2 is 1.59 bits per heavy atom. The Morgan fingerprint density at radius 3 is 2.28 bits per heavy atom. The smallest absolute Gasteiger partial charge is 0.258 e. The van der Waals surface area contributed by atoms with Gasteiger partial charge in [-0.1, -0.05) is 36.4 Å². The summed E-state index contributed by atoms with van der Waals surface area (Å²) in [7, 11) is 0. The molecular weight excluding hydrogens is 368 g/mol. The van der Waals surface area contributed by atoms with Crippen LogP contribution < -0.4 is 15.4 Å². The molecule has 0 saturated carbocycles. The average molecular weight is 392 g/mol. The predicted molar refractivity (Wildman–Crippen MR) is 110 cm³/mol. The molecule has 7 heteroatoms. The second kappa shape index (κ2) is 9.54. The van der Waals surface area contributed by atoms with Crippen LogP contribution in [0.5, 0.6) is 5.75 Å². The minimum Gasteiger partial charge on any atom is -0.484 e. The van der Waals surface area contributed by atoms with Gasteiger partial charge in [-0.2, -0.15) is 5.10 Å². The fourth-order valence-electron chi connectivity index (χ4n) is 2.90. The maximum atomic E-state index is 12.1. The Bertz CT molecular complexity index is 968. The van der Waals surface area contributed by atoms with Crippen molar-refractivity contribution in [1.29, 1.82) is 0 Å². The minimum atomic E-state index is -0.353. The maximum Gasteiger partial charge on any atom is 0.258 e. The van der Waals surface area contributed by atoms with Crippen molar-refractivity contribution in [3.63, 3.8) is 0 Å². The van der Waals surface area contributed by atoms with Gasteiger partial charge in [0.25, 0.3) is 5.91 Å². The van der Waals surface area contributed by atoms with Crippen molar-refractivity contribution in [3.05, 3.63) is 77.6 Å². The highest BCUT2D eigenvalue weighted by molar-refractivity contribution is 5.85. The first kappa shape index (κ1) is 20.1. The lowest BCUT2D eigenvalue weighted by Crippen LogP contribution is -2.38. The second-order valence-electron chi connectivity index (χ2n) is 6.55. The molecule has 0 radical (unpaired) electrons. The summed E-state index contributed by atoms with van der Waals surface area (Å²) in [6.45, 7) is 3.98. The van der Waals surface area contributed by atoms with Crippen LogP contribution in [0.4, 0.5) is 0 Å². The molecule has 150 valence electrons. The lowest BCUT2D eigenvalue weighted by molar-refractivity contribution is -0.127. The lowest BCUT2D eigenvalue weighted by atomic mass is 10.2. The molecule has 0 atom stereocenters. The van der Waals surface area contributed by atoms with Crippen LogP contribution in [0.15, 0.2) is 60.7 Å². The van der Waals surface area contributed by atoms with Crippen molar-refractivity contribution in [2.45, 2.75) is 20.4 Å². The Kier molecular flexibility index (Phi) is 6.63. The summed E-state index contributed by atoms with van der Waals surface area (Å²) < 4.78 is 7.21. The van der Waals surface area contributed by atoms with Crippen LogP contribution in [-0.4, -0.2) is 34.7 Å². The van der Waals surface area contributed by atoms with E-state index >= 15 is 0 Å². The van der Waals surface area contributed by atoms with Crippen molar-refractivity contribution in [3.8, 4) is 11.4 Å². The minimum absolute atomic E-state index is 0.109. The van der Waals surface area contributed by atoms with E-state index in [1.807, 2.05) is 67.1 Å². The fourth-order valence-corrected chi connectivity index (χ4v) is 2.90. The molecule has 2 amide bonds. The summed E-state index contributed by atoms with van der Waals surface area (Å²) in [5.41, 5.74) is 3.75. The molecule has 0 unspecified atom stereocenters. The highest BCUT2D eigenvalue weighted by atomic mass is 16.5. The van der Waals surface area contributed by atoms with Gasteiger partial charge in [-0.15, -0.1) is 0 Å². The number of carbonyl (C=O) groups is 2. The van der Waals surface area contributed by atoms with Gasteiger partial charge in [0, 0.05) is 17.8 Å². The molecule has 0 fully saturated rings. The third kappa shape index (κ3) is 5.44. The lowest BCUT2D eigenvalue weighted by Gasteiger charge is -2.09. The number of aromatic nitrogens is 2. The van der Waals surface area contributed by atoms with E-state index in [0.717, 1.165) is 22.6 Å². The third-order valence-corrected chi connectivity index (χ3v) is 4.46.